The van der Waals surface area contributed by atoms with E-state index in [-0.39, 0.29) is 43.8 Å². The number of rotatable bonds is 8. The highest BCUT2D eigenvalue weighted by atomic mass is 19.4. The van der Waals surface area contributed by atoms with E-state index in [1.807, 2.05) is 0 Å². The molecule has 2 aliphatic heterocycles. The second-order valence-electron chi connectivity index (χ2n) is 8.82. The minimum Gasteiger partial charge on any atom is -0.494 e. The number of methoxy groups -OCH3 is 1. The van der Waals surface area contributed by atoms with E-state index >= 15 is 0 Å². The Morgan fingerprint density at radius 1 is 1.31 bits per heavy atom. The number of aliphatic hydroxyl groups excluding tert-OH is 2. The van der Waals surface area contributed by atoms with Crippen molar-refractivity contribution in [1.29, 1.82) is 0 Å². The van der Waals surface area contributed by atoms with Crippen molar-refractivity contribution in [3.05, 3.63) is 29.8 Å². The highest BCUT2D eigenvalue weighted by Crippen LogP contribution is 2.45. The summed E-state index contributed by atoms with van der Waals surface area (Å²) in [5.74, 6) is -1.90. The molecular formula is C22H34F5N3O5. The van der Waals surface area contributed by atoms with Gasteiger partial charge in [-0.05, 0) is 38.3 Å². The molecule has 8 nitrogen and oxygen atoms in total. The smallest absolute Gasteiger partial charge is 0.417 e. The standard InChI is InChI=1S/C15H28F3N3O4.C7H6F2O/c1-14(15(16,17)18)3-2-11(25-14)13-12(24-7-8(23)6-22)4-10(21-13)9(20)5-19;1-10-6-4-2-3-5(8)7(6)9/h8-13,21-23H,2-7,19-20H2,1H3;2-4H,1H3/t8?,9?,10?,11?,12-,13?,14-;/m1./s1. The molecule has 35 heavy (non-hydrogen) atoms. The SMILES string of the molecule is COc1cccc(F)c1F.C[C@]1(C(F)(F)F)CCC(C2NC(C(N)CN)C[C@H]2OCC(O)CO)O1. The lowest BCUT2D eigenvalue weighted by Gasteiger charge is -2.31. The summed E-state index contributed by atoms with van der Waals surface area (Å²) >= 11 is 0. The second kappa shape index (κ2) is 12.6. The molecule has 3 rings (SSSR count). The number of ether oxygens (including phenoxy) is 3. The van der Waals surface area contributed by atoms with Crippen molar-refractivity contribution < 1.29 is 46.4 Å². The van der Waals surface area contributed by atoms with Crippen LogP contribution in [0.4, 0.5) is 22.0 Å². The van der Waals surface area contributed by atoms with Gasteiger partial charge in [-0.15, -0.1) is 0 Å². The quantitative estimate of drug-likeness (QED) is 0.327. The van der Waals surface area contributed by atoms with Gasteiger partial charge in [0.1, 0.15) is 6.10 Å². The van der Waals surface area contributed by atoms with Crippen LogP contribution < -0.4 is 21.5 Å². The minimum atomic E-state index is -4.45. The van der Waals surface area contributed by atoms with Gasteiger partial charge in [0.2, 0.25) is 5.82 Å². The second-order valence-corrected chi connectivity index (χ2v) is 8.82. The molecule has 0 amide bonds. The molecular weight excluding hydrogens is 481 g/mol. The van der Waals surface area contributed by atoms with Crippen LogP contribution in [0.5, 0.6) is 5.75 Å². The third-order valence-corrected chi connectivity index (χ3v) is 6.25. The van der Waals surface area contributed by atoms with E-state index in [9.17, 15) is 27.1 Å². The van der Waals surface area contributed by atoms with Gasteiger partial charge < -0.3 is 41.2 Å². The van der Waals surface area contributed by atoms with Gasteiger partial charge in [-0.25, -0.2) is 4.39 Å². The summed E-state index contributed by atoms with van der Waals surface area (Å²) in [6.07, 6.45) is -6.10. The van der Waals surface area contributed by atoms with Crippen LogP contribution >= 0.6 is 0 Å². The first-order valence-electron chi connectivity index (χ1n) is 11.2. The van der Waals surface area contributed by atoms with Crippen LogP contribution in [0.2, 0.25) is 0 Å². The van der Waals surface area contributed by atoms with Crippen LogP contribution in [-0.4, -0.2) is 85.3 Å². The lowest BCUT2D eigenvalue weighted by Crippen LogP contribution is -2.52. The van der Waals surface area contributed by atoms with Crippen molar-refractivity contribution in [2.24, 2.45) is 11.5 Å². The fourth-order valence-corrected chi connectivity index (χ4v) is 4.06. The third-order valence-electron chi connectivity index (χ3n) is 6.25. The Bertz CT molecular complexity index is 805. The summed E-state index contributed by atoms with van der Waals surface area (Å²) in [5.41, 5.74) is 9.36. The summed E-state index contributed by atoms with van der Waals surface area (Å²) in [6, 6.07) is 2.72. The number of hydrogen-bond donors (Lipinski definition) is 5. The average Bonchev–Trinajstić information content (AvgIpc) is 3.43. The zero-order chi connectivity index (χ0) is 26.4. The predicted octanol–water partition coefficient (Wildman–Crippen LogP) is 1.21. The van der Waals surface area contributed by atoms with Gasteiger partial charge in [0, 0.05) is 18.6 Å². The number of alkyl halides is 3. The Morgan fingerprint density at radius 2 is 2.00 bits per heavy atom. The fraction of sp³-hybridized carbons (Fsp3) is 0.727. The molecule has 0 radical (unpaired) electrons. The first kappa shape index (κ1) is 29.6. The monoisotopic (exact) mass is 515 g/mol. The largest absolute Gasteiger partial charge is 0.494 e. The molecule has 2 saturated heterocycles. The van der Waals surface area contributed by atoms with Crippen molar-refractivity contribution in [3.63, 3.8) is 0 Å². The highest BCUT2D eigenvalue weighted by molar-refractivity contribution is 5.24. The zero-order valence-electron chi connectivity index (χ0n) is 19.6. The number of halogens is 5. The Labute approximate surface area is 200 Å². The number of aliphatic hydroxyl groups is 2. The van der Waals surface area contributed by atoms with Crippen molar-refractivity contribution in [3.8, 4) is 5.75 Å². The van der Waals surface area contributed by atoms with Crippen LogP contribution in [-0.2, 0) is 9.47 Å². The van der Waals surface area contributed by atoms with E-state index in [4.69, 9.17) is 26.0 Å². The zero-order valence-corrected chi connectivity index (χ0v) is 19.6. The minimum absolute atomic E-state index is 0.0694. The van der Waals surface area contributed by atoms with Crippen molar-refractivity contribution in [2.45, 2.75) is 74.4 Å². The van der Waals surface area contributed by atoms with Crippen molar-refractivity contribution >= 4 is 0 Å². The van der Waals surface area contributed by atoms with E-state index in [1.165, 1.54) is 19.2 Å². The predicted molar refractivity (Wildman–Crippen MR) is 117 cm³/mol. The number of nitrogens with one attached hydrogen (secondary N) is 1. The van der Waals surface area contributed by atoms with E-state index in [0.717, 1.165) is 13.0 Å². The van der Waals surface area contributed by atoms with Gasteiger partial charge in [0.15, 0.2) is 17.2 Å². The summed E-state index contributed by atoms with van der Waals surface area (Å²) in [5, 5.41) is 21.5. The maximum Gasteiger partial charge on any atom is 0.417 e. The molecule has 1 aromatic rings. The van der Waals surface area contributed by atoms with E-state index in [1.54, 1.807) is 0 Å². The van der Waals surface area contributed by atoms with Crippen LogP contribution in [0.25, 0.3) is 0 Å². The lowest BCUT2D eigenvalue weighted by atomic mass is 9.98. The number of benzene rings is 1. The molecule has 7 N–H and O–H groups in total. The van der Waals surface area contributed by atoms with Crippen LogP contribution in [0.3, 0.4) is 0 Å². The molecule has 0 bridgehead atoms. The Balaban J connectivity index is 0.000000360. The molecule has 5 unspecified atom stereocenters. The van der Waals surface area contributed by atoms with Gasteiger partial charge >= 0.3 is 6.18 Å². The maximum absolute atomic E-state index is 13.2. The van der Waals surface area contributed by atoms with E-state index < -0.39 is 54.4 Å². The molecule has 0 aliphatic carbocycles. The highest BCUT2D eigenvalue weighted by Gasteiger charge is 2.58. The number of nitrogens with two attached hydrogens (primary N) is 2. The van der Waals surface area contributed by atoms with Gasteiger partial charge in [-0.3, -0.25) is 0 Å². The summed E-state index contributed by atoms with van der Waals surface area (Å²) in [6.45, 7) is 0.703. The molecule has 2 aliphatic rings. The molecule has 0 saturated carbocycles. The molecule has 13 heteroatoms. The molecule has 0 aromatic heterocycles. The van der Waals surface area contributed by atoms with Crippen molar-refractivity contribution in [1.82, 2.24) is 5.32 Å². The molecule has 202 valence electrons. The molecule has 2 fully saturated rings. The molecule has 2 heterocycles. The van der Waals surface area contributed by atoms with Crippen LogP contribution in [0.1, 0.15) is 26.2 Å². The first-order chi connectivity index (χ1) is 16.4. The molecule has 7 atom stereocenters. The van der Waals surface area contributed by atoms with E-state index in [2.05, 4.69) is 10.1 Å². The normalized spacial score (nSPS) is 30.5. The topological polar surface area (TPSA) is 132 Å². The fourth-order valence-electron chi connectivity index (χ4n) is 4.06. The Morgan fingerprint density at radius 3 is 2.51 bits per heavy atom. The van der Waals surface area contributed by atoms with Gasteiger partial charge in [0.05, 0.1) is 38.6 Å². The first-order valence-corrected chi connectivity index (χ1v) is 11.2. The lowest BCUT2D eigenvalue weighted by molar-refractivity contribution is -0.267. The third kappa shape index (κ3) is 7.44. The van der Waals surface area contributed by atoms with Crippen LogP contribution in [0.15, 0.2) is 18.2 Å². The summed E-state index contributed by atoms with van der Waals surface area (Å²) < 4.78 is 79.9. The van der Waals surface area contributed by atoms with Gasteiger partial charge in [-0.1, -0.05) is 6.07 Å². The maximum atomic E-state index is 13.2. The van der Waals surface area contributed by atoms with Crippen molar-refractivity contribution in [2.75, 3.05) is 26.9 Å². The molecule has 1 aromatic carbocycles. The Kier molecular flexibility index (Phi) is 10.6. The van der Waals surface area contributed by atoms with Crippen LogP contribution in [0, 0.1) is 11.6 Å². The van der Waals surface area contributed by atoms with E-state index in [0.29, 0.717) is 6.42 Å². The molecule has 0 spiro atoms. The Hall–Kier alpha value is -1.61. The van der Waals surface area contributed by atoms with Gasteiger partial charge in [0.25, 0.3) is 0 Å². The van der Waals surface area contributed by atoms with Gasteiger partial charge in [-0.2, -0.15) is 17.6 Å². The average molecular weight is 516 g/mol. The summed E-state index contributed by atoms with van der Waals surface area (Å²) in [7, 11) is 1.29. The summed E-state index contributed by atoms with van der Waals surface area (Å²) in [4.78, 5) is 0. The number of hydrogen-bond acceptors (Lipinski definition) is 8.